The molecule has 1 aromatic rings. The molecule has 21 heavy (non-hydrogen) atoms. The fraction of sp³-hybridized carbons (Fsp3) is 0.615. The van der Waals surface area contributed by atoms with Gasteiger partial charge in [0.15, 0.2) is 10.9 Å². The van der Waals surface area contributed by atoms with Crippen LogP contribution in [0.3, 0.4) is 0 Å². The lowest BCUT2D eigenvalue weighted by Gasteiger charge is -2.39. The minimum atomic E-state index is -4.43. The monoisotopic (exact) mass is 322 g/mol. The zero-order valence-corrected chi connectivity index (χ0v) is 12.5. The molecule has 1 atom stereocenters. The van der Waals surface area contributed by atoms with Crippen LogP contribution in [0.1, 0.15) is 30.8 Å². The van der Waals surface area contributed by atoms with E-state index < -0.39 is 11.4 Å². The molecule has 0 bridgehead atoms. The fourth-order valence-corrected chi connectivity index (χ4v) is 2.69. The Morgan fingerprint density at radius 2 is 2.19 bits per heavy atom. The number of nitrogens with one attached hydrogen (secondary N) is 2. The lowest BCUT2D eigenvalue weighted by atomic mass is 9.79. The number of hydrogen-bond acceptors (Lipinski definition) is 4. The summed E-state index contributed by atoms with van der Waals surface area (Å²) in [4.78, 5) is 12.1. The highest BCUT2D eigenvalue weighted by atomic mass is 32.2. The van der Waals surface area contributed by atoms with E-state index in [2.05, 4.69) is 10.6 Å². The van der Waals surface area contributed by atoms with Crippen molar-refractivity contribution in [3.8, 4) is 0 Å². The molecule has 1 aliphatic heterocycles. The molecule has 0 radical (unpaired) electrons. The third-order valence-electron chi connectivity index (χ3n) is 3.56. The molecular formula is C13H17F3N2O2S. The Kier molecular flexibility index (Phi) is 4.57. The van der Waals surface area contributed by atoms with Gasteiger partial charge in [0.1, 0.15) is 0 Å². The fourth-order valence-electron chi connectivity index (χ4n) is 2.19. The maximum atomic E-state index is 12.2. The Morgan fingerprint density at radius 3 is 2.81 bits per heavy atom. The van der Waals surface area contributed by atoms with Crippen molar-refractivity contribution in [2.75, 3.05) is 13.1 Å². The molecule has 0 aromatic carbocycles. The third-order valence-corrected chi connectivity index (χ3v) is 4.22. The highest BCUT2D eigenvalue weighted by Gasteiger charge is 2.34. The van der Waals surface area contributed by atoms with E-state index in [0.717, 1.165) is 19.0 Å². The second-order valence-corrected chi connectivity index (χ2v) is 6.70. The van der Waals surface area contributed by atoms with Gasteiger partial charge < -0.3 is 15.1 Å². The quantitative estimate of drug-likeness (QED) is 0.840. The van der Waals surface area contributed by atoms with Crippen molar-refractivity contribution in [1.82, 2.24) is 10.6 Å². The van der Waals surface area contributed by atoms with Crippen molar-refractivity contribution in [2.45, 2.75) is 36.9 Å². The number of thioether (sulfide) groups is 1. The predicted octanol–water partition coefficient (Wildman–Crippen LogP) is 3.01. The Labute approximate surface area is 124 Å². The number of furan rings is 1. The van der Waals surface area contributed by atoms with Crippen LogP contribution in [0, 0.1) is 5.41 Å². The number of amides is 1. The lowest BCUT2D eigenvalue weighted by Crippen LogP contribution is -2.55. The topological polar surface area (TPSA) is 54.3 Å². The van der Waals surface area contributed by atoms with E-state index in [1.807, 2.05) is 13.8 Å². The second-order valence-electron chi connectivity index (χ2n) is 5.64. The van der Waals surface area contributed by atoms with Crippen LogP contribution in [-0.2, 0) is 0 Å². The van der Waals surface area contributed by atoms with Gasteiger partial charge in [-0.05, 0) is 30.5 Å². The van der Waals surface area contributed by atoms with Crippen molar-refractivity contribution < 1.29 is 22.4 Å². The third kappa shape index (κ3) is 4.41. The number of piperidine rings is 1. The minimum Gasteiger partial charge on any atom is -0.444 e. The number of alkyl halides is 3. The largest absolute Gasteiger partial charge is 0.449 e. The van der Waals surface area contributed by atoms with E-state index in [0.29, 0.717) is 6.54 Å². The highest BCUT2D eigenvalue weighted by Crippen LogP contribution is 2.37. The molecule has 0 saturated carbocycles. The predicted molar refractivity (Wildman–Crippen MR) is 73.1 cm³/mol. The molecule has 1 aromatic heterocycles. The number of hydrogen-bond donors (Lipinski definition) is 2. The Bertz CT molecular complexity index is 514. The Balaban J connectivity index is 2.00. The SMILES string of the molecule is CC1(C)CCNCC1NC(=O)c1ccc(SC(F)(F)F)o1. The van der Waals surface area contributed by atoms with Gasteiger partial charge in [-0.2, -0.15) is 13.2 Å². The molecule has 118 valence electrons. The average molecular weight is 322 g/mol. The van der Waals surface area contributed by atoms with Gasteiger partial charge >= 0.3 is 5.51 Å². The van der Waals surface area contributed by atoms with Crippen LogP contribution in [0.5, 0.6) is 0 Å². The molecule has 2 N–H and O–H groups in total. The molecule has 4 nitrogen and oxygen atoms in total. The highest BCUT2D eigenvalue weighted by molar-refractivity contribution is 8.00. The van der Waals surface area contributed by atoms with Crippen LogP contribution in [0.2, 0.25) is 0 Å². The van der Waals surface area contributed by atoms with Crippen molar-refractivity contribution in [1.29, 1.82) is 0 Å². The molecule has 2 rings (SSSR count). The summed E-state index contributed by atoms with van der Waals surface area (Å²) >= 11 is -0.374. The summed E-state index contributed by atoms with van der Waals surface area (Å²) in [6.45, 7) is 5.60. The molecule has 1 saturated heterocycles. The van der Waals surface area contributed by atoms with Crippen LogP contribution in [0.25, 0.3) is 0 Å². The summed E-state index contributed by atoms with van der Waals surface area (Å²) in [5.74, 6) is -0.603. The molecule has 1 amide bonds. The first-order valence-corrected chi connectivity index (χ1v) is 7.36. The van der Waals surface area contributed by atoms with Gasteiger partial charge in [-0.25, -0.2) is 0 Å². The van der Waals surface area contributed by atoms with Gasteiger partial charge in [-0.1, -0.05) is 13.8 Å². The van der Waals surface area contributed by atoms with Crippen molar-refractivity contribution in [3.05, 3.63) is 17.9 Å². The van der Waals surface area contributed by atoms with Gasteiger partial charge in [-0.15, -0.1) is 0 Å². The summed E-state index contributed by atoms with van der Waals surface area (Å²) < 4.78 is 41.6. The zero-order chi connectivity index (χ0) is 15.7. The van der Waals surface area contributed by atoms with E-state index in [4.69, 9.17) is 4.42 Å². The van der Waals surface area contributed by atoms with E-state index in [1.54, 1.807) is 0 Å². The summed E-state index contributed by atoms with van der Waals surface area (Å²) in [5, 5.41) is 5.66. The van der Waals surface area contributed by atoms with Gasteiger partial charge in [0.25, 0.3) is 5.91 Å². The van der Waals surface area contributed by atoms with E-state index in [9.17, 15) is 18.0 Å². The van der Waals surface area contributed by atoms with E-state index in [-0.39, 0.29) is 34.1 Å². The van der Waals surface area contributed by atoms with Crippen LogP contribution in [0.4, 0.5) is 13.2 Å². The first-order chi connectivity index (χ1) is 9.67. The summed E-state index contributed by atoms with van der Waals surface area (Å²) in [6.07, 6.45) is 0.908. The molecule has 0 spiro atoms. The first-order valence-electron chi connectivity index (χ1n) is 6.54. The maximum Gasteiger partial charge on any atom is 0.449 e. The molecule has 1 unspecified atom stereocenters. The second kappa shape index (κ2) is 5.92. The van der Waals surface area contributed by atoms with Crippen LogP contribution < -0.4 is 10.6 Å². The van der Waals surface area contributed by atoms with Gasteiger partial charge in [0, 0.05) is 24.3 Å². The van der Waals surface area contributed by atoms with Crippen molar-refractivity contribution in [3.63, 3.8) is 0 Å². The maximum absolute atomic E-state index is 12.2. The van der Waals surface area contributed by atoms with E-state index >= 15 is 0 Å². The zero-order valence-electron chi connectivity index (χ0n) is 11.7. The number of halogens is 3. The minimum absolute atomic E-state index is 0.0724. The summed E-state index contributed by atoms with van der Waals surface area (Å²) in [7, 11) is 0. The van der Waals surface area contributed by atoms with Crippen LogP contribution >= 0.6 is 11.8 Å². The summed E-state index contributed by atoms with van der Waals surface area (Å²) in [6, 6.07) is 2.31. The van der Waals surface area contributed by atoms with Gasteiger partial charge in [-0.3, -0.25) is 4.79 Å². The van der Waals surface area contributed by atoms with Crippen LogP contribution in [0.15, 0.2) is 21.6 Å². The average Bonchev–Trinajstić information content (AvgIpc) is 2.77. The number of rotatable bonds is 3. The standard InChI is InChI=1S/C13H17F3N2O2S/c1-12(2)5-6-17-7-9(12)18-11(19)8-3-4-10(20-8)21-13(14,15)16/h3-4,9,17H,5-7H2,1-2H3,(H,18,19). The van der Waals surface area contributed by atoms with E-state index in [1.165, 1.54) is 6.07 Å². The molecule has 1 aliphatic rings. The Morgan fingerprint density at radius 1 is 1.48 bits per heavy atom. The molecule has 8 heteroatoms. The lowest BCUT2D eigenvalue weighted by molar-refractivity contribution is -0.0335. The van der Waals surface area contributed by atoms with Crippen LogP contribution in [-0.4, -0.2) is 30.5 Å². The normalized spacial score (nSPS) is 22.0. The first kappa shape index (κ1) is 16.2. The molecule has 1 fully saturated rings. The van der Waals surface area contributed by atoms with Crippen molar-refractivity contribution >= 4 is 17.7 Å². The van der Waals surface area contributed by atoms with Crippen molar-refractivity contribution in [2.24, 2.45) is 5.41 Å². The molecule has 0 aliphatic carbocycles. The number of carbonyl (C=O) groups excluding carboxylic acids is 1. The molecular weight excluding hydrogens is 305 g/mol. The smallest absolute Gasteiger partial charge is 0.444 e. The van der Waals surface area contributed by atoms with Gasteiger partial charge in [0.2, 0.25) is 0 Å². The van der Waals surface area contributed by atoms with Gasteiger partial charge in [0.05, 0.1) is 0 Å². The Hall–Kier alpha value is -1.15. The summed E-state index contributed by atoms with van der Waals surface area (Å²) in [5.41, 5.74) is -4.50. The molecule has 2 heterocycles. The number of carbonyl (C=O) groups is 1.